The van der Waals surface area contributed by atoms with Crippen molar-refractivity contribution in [3.05, 3.63) is 0 Å². The second-order valence-corrected chi connectivity index (χ2v) is 6.93. The monoisotopic (exact) mass is 248 g/mol. The van der Waals surface area contributed by atoms with Gasteiger partial charge in [0.15, 0.2) is 0 Å². The van der Waals surface area contributed by atoms with Crippen molar-refractivity contribution < 1.29 is 8.42 Å². The molecule has 0 amide bonds. The van der Waals surface area contributed by atoms with Crippen LogP contribution in [-0.2, 0) is 10.0 Å². The van der Waals surface area contributed by atoms with Gasteiger partial charge in [0.1, 0.15) is 0 Å². The zero-order valence-electron chi connectivity index (χ0n) is 10.5. The summed E-state index contributed by atoms with van der Waals surface area (Å²) in [5, 5.41) is 3.39. The molecule has 0 heterocycles. The molecule has 0 bridgehead atoms. The van der Waals surface area contributed by atoms with Crippen LogP contribution in [0.15, 0.2) is 0 Å². The first-order valence-corrected chi connectivity index (χ1v) is 7.76. The van der Waals surface area contributed by atoms with Crippen LogP contribution in [0.2, 0.25) is 0 Å². The van der Waals surface area contributed by atoms with E-state index in [0.717, 1.165) is 0 Å². The van der Waals surface area contributed by atoms with Crippen LogP contribution < -0.4 is 10.0 Å². The molecule has 1 saturated carbocycles. The molecule has 2 atom stereocenters. The Morgan fingerprint density at radius 1 is 1.19 bits per heavy atom. The molecule has 0 aromatic carbocycles. The van der Waals surface area contributed by atoms with Crippen LogP contribution in [0, 0.1) is 11.8 Å². The Bertz CT molecular complexity index is 293. The third-order valence-electron chi connectivity index (χ3n) is 3.61. The predicted molar refractivity (Wildman–Crippen MR) is 66.8 cm³/mol. The van der Waals surface area contributed by atoms with Crippen molar-refractivity contribution >= 4 is 10.0 Å². The Balaban J connectivity index is 2.36. The fourth-order valence-electron chi connectivity index (χ4n) is 2.55. The van der Waals surface area contributed by atoms with Crippen molar-refractivity contribution in [3.63, 3.8) is 0 Å². The lowest BCUT2D eigenvalue weighted by atomic mass is 9.79. The summed E-state index contributed by atoms with van der Waals surface area (Å²) in [5.74, 6) is 1.47. The zero-order valence-corrected chi connectivity index (χ0v) is 11.3. The van der Waals surface area contributed by atoms with Gasteiger partial charge in [-0.1, -0.05) is 20.3 Å². The molecule has 1 aliphatic rings. The van der Waals surface area contributed by atoms with E-state index < -0.39 is 10.0 Å². The first kappa shape index (κ1) is 13.9. The molecule has 2 unspecified atom stereocenters. The molecular weight excluding hydrogens is 224 g/mol. The molecular formula is C11H24N2O2S. The summed E-state index contributed by atoms with van der Waals surface area (Å²) in [6.07, 6.45) is 3.80. The van der Waals surface area contributed by atoms with Crippen molar-refractivity contribution in [2.24, 2.45) is 11.8 Å². The molecule has 0 aliphatic heterocycles. The summed E-state index contributed by atoms with van der Waals surface area (Å²) in [6, 6.07) is 0.473. The topological polar surface area (TPSA) is 58.2 Å². The van der Waals surface area contributed by atoms with E-state index in [1.807, 2.05) is 0 Å². The lowest BCUT2D eigenvalue weighted by Gasteiger charge is -2.35. The molecule has 96 valence electrons. The van der Waals surface area contributed by atoms with Gasteiger partial charge in [-0.05, 0) is 31.7 Å². The largest absolute Gasteiger partial charge is 0.312 e. The number of nitrogens with one attached hydrogen (secondary N) is 2. The van der Waals surface area contributed by atoms with Crippen molar-refractivity contribution in [2.45, 2.75) is 39.2 Å². The number of rotatable bonds is 5. The van der Waals surface area contributed by atoms with E-state index >= 15 is 0 Å². The molecule has 5 heteroatoms. The summed E-state index contributed by atoms with van der Waals surface area (Å²) in [4.78, 5) is 0. The molecule has 4 nitrogen and oxygen atoms in total. The molecule has 16 heavy (non-hydrogen) atoms. The van der Waals surface area contributed by atoms with Crippen LogP contribution >= 0.6 is 0 Å². The highest BCUT2D eigenvalue weighted by atomic mass is 32.2. The highest BCUT2D eigenvalue weighted by Gasteiger charge is 2.27. The van der Waals surface area contributed by atoms with Crippen LogP contribution in [0.3, 0.4) is 0 Å². The normalized spacial score (nSPS) is 31.6. The Labute approximate surface area is 99.2 Å². The van der Waals surface area contributed by atoms with Crippen molar-refractivity contribution in [1.82, 2.24) is 10.0 Å². The quantitative estimate of drug-likeness (QED) is 0.761. The van der Waals surface area contributed by atoms with Gasteiger partial charge in [-0.15, -0.1) is 0 Å². The third kappa shape index (κ3) is 4.03. The standard InChI is InChI=1S/C11H24N2O2S/c1-9-5-4-6-10(2)11(9)13-7-8-16(14,15)12-3/h9-13H,4-8H2,1-3H3. The average Bonchev–Trinajstić information content (AvgIpc) is 2.22. The SMILES string of the molecule is CNS(=O)(=O)CCNC1C(C)CCCC1C. The highest BCUT2D eigenvalue weighted by molar-refractivity contribution is 7.89. The fourth-order valence-corrected chi connectivity index (χ4v) is 3.14. The minimum absolute atomic E-state index is 0.166. The molecule has 1 fully saturated rings. The maximum Gasteiger partial charge on any atom is 0.212 e. The van der Waals surface area contributed by atoms with Gasteiger partial charge in [-0.25, -0.2) is 13.1 Å². The molecule has 0 radical (unpaired) electrons. The van der Waals surface area contributed by atoms with Crippen molar-refractivity contribution in [2.75, 3.05) is 19.3 Å². The zero-order chi connectivity index (χ0) is 12.2. The first-order valence-electron chi connectivity index (χ1n) is 6.11. The van der Waals surface area contributed by atoms with Gasteiger partial charge in [-0.3, -0.25) is 0 Å². The summed E-state index contributed by atoms with van der Waals surface area (Å²) in [5.41, 5.74) is 0. The van der Waals surface area contributed by atoms with Crippen LogP contribution in [0.5, 0.6) is 0 Å². The summed E-state index contributed by atoms with van der Waals surface area (Å²) in [7, 11) is -1.61. The molecule has 0 aromatic rings. The van der Waals surface area contributed by atoms with Gasteiger partial charge in [0.25, 0.3) is 0 Å². The van der Waals surface area contributed by atoms with E-state index in [2.05, 4.69) is 23.9 Å². The van der Waals surface area contributed by atoms with Crippen molar-refractivity contribution in [3.8, 4) is 0 Å². The van der Waals surface area contributed by atoms with Gasteiger partial charge >= 0.3 is 0 Å². The van der Waals surface area contributed by atoms with Gasteiger partial charge in [0, 0.05) is 12.6 Å². The molecule has 1 rings (SSSR count). The smallest absolute Gasteiger partial charge is 0.212 e. The average molecular weight is 248 g/mol. The number of sulfonamides is 1. The highest BCUT2D eigenvalue weighted by Crippen LogP contribution is 2.28. The van der Waals surface area contributed by atoms with Gasteiger partial charge < -0.3 is 5.32 Å². The molecule has 0 spiro atoms. The Morgan fingerprint density at radius 2 is 1.75 bits per heavy atom. The van der Waals surface area contributed by atoms with Crippen LogP contribution in [0.25, 0.3) is 0 Å². The second kappa shape index (κ2) is 5.98. The van der Waals surface area contributed by atoms with Gasteiger partial charge in [0.2, 0.25) is 10.0 Å². The lowest BCUT2D eigenvalue weighted by molar-refractivity contribution is 0.212. The Kier molecular flexibility index (Phi) is 5.21. The first-order chi connectivity index (χ1) is 7.46. The minimum atomic E-state index is -3.07. The number of hydrogen-bond donors (Lipinski definition) is 2. The molecule has 0 aromatic heterocycles. The van der Waals surface area contributed by atoms with Crippen LogP contribution in [-0.4, -0.2) is 33.8 Å². The maximum atomic E-state index is 11.3. The second-order valence-electron chi connectivity index (χ2n) is 4.89. The van der Waals surface area contributed by atoms with Crippen LogP contribution in [0.1, 0.15) is 33.1 Å². The van der Waals surface area contributed by atoms with E-state index in [4.69, 9.17) is 0 Å². The van der Waals surface area contributed by atoms with E-state index in [0.29, 0.717) is 24.4 Å². The Hall–Kier alpha value is -0.130. The van der Waals surface area contributed by atoms with Crippen molar-refractivity contribution in [1.29, 1.82) is 0 Å². The van der Waals surface area contributed by atoms with Gasteiger partial charge in [0.05, 0.1) is 5.75 Å². The maximum absolute atomic E-state index is 11.3. The Morgan fingerprint density at radius 3 is 2.25 bits per heavy atom. The number of hydrogen-bond acceptors (Lipinski definition) is 3. The van der Waals surface area contributed by atoms with E-state index in [-0.39, 0.29) is 5.75 Å². The minimum Gasteiger partial charge on any atom is -0.312 e. The van der Waals surface area contributed by atoms with E-state index in [1.165, 1.54) is 26.3 Å². The molecule has 1 aliphatic carbocycles. The summed E-state index contributed by atoms with van der Waals surface area (Å²) >= 11 is 0. The fraction of sp³-hybridized carbons (Fsp3) is 1.00. The summed E-state index contributed by atoms with van der Waals surface area (Å²) in [6.45, 7) is 5.04. The van der Waals surface area contributed by atoms with E-state index in [9.17, 15) is 8.42 Å². The summed E-state index contributed by atoms with van der Waals surface area (Å²) < 4.78 is 24.8. The van der Waals surface area contributed by atoms with Gasteiger partial charge in [-0.2, -0.15) is 0 Å². The lowest BCUT2D eigenvalue weighted by Crippen LogP contribution is -2.45. The van der Waals surface area contributed by atoms with Crippen LogP contribution in [0.4, 0.5) is 0 Å². The van der Waals surface area contributed by atoms with E-state index in [1.54, 1.807) is 0 Å². The third-order valence-corrected chi connectivity index (χ3v) is 4.97. The molecule has 2 N–H and O–H groups in total. The predicted octanol–water partition coefficient (Wildman–Crippen LogP) is 0.950. The molecule has 0 saturated heterocycles.